The second-order valence-electron chi connectivity index (χ2n) is 13.7. The highest BCUT2D eigenvalue weighted by molar-refractivity contribution is 6.03. The number of terminal acetylenes is 1. The number of hydrogen-bond donors (Lipinski definition) is 2. The Bertz CT molecular complexity index is 1970. The number of fused-ring (bicyclic) bond motifs is 4. The molecule has 3 aliphatic heterocycles. The third-order valence-electron chi connectivity index (χ3n) is 9.95. The van der Waals surface area contributed by atoms with Gasteiger partial charge in [0.25, 0.3) is 5.56 Å². The predicted octanol–water partition coefficient (Wildman–Crippen LogP) is 3.67. The maximum atomic E-state index is 15.1. The summed E-state index contributed by atoms with van der Waals surface area (Å²) in [6.07, 6.45) is 10.1. The number of phenolic OH excluding ortho intramolecular Hbond substituents is 1. The molecule has 0 amide bonds. The van der Waals surface area contributed by atoms with Gasteiger partial charge in [-0.15, -0.1) is 6.42 Å². The second kappa shape index (κ2) is 10.9. The van der Waals surface area contributed by atoms with Gasteiger partial charge in [0.2, 0.25) is 0 Å². The van der Waals surface area contributed by atoms with Crippen LogP contribution in [-0.4, -0.2) is 90.2 Å². The molecule has 10 nitrogen and oxygen atoms in total. The lowest BCUT2D eigenvalue weighted by atomic mass is 9.95. The molecule has 0 spiro atoms. The summed E-state index contributed by atoms with van der Waals surface area (Å²) in [5.74, 6) is 2.48. The molecule has 2 unspecified atom stereocenters. The van der Waals surface area contributed by atoms with Gasteiger partial charge in [-0.3, -0.25) is 9.36 Å². The average Bonchev–Trinajstić information content (AvgIpc) is 3.68. The molecular weight excluding hydrogens is 587 g/mol. The summed E-state index contributed by atoms with van der Waals surface area (Å²) in [4.78, 5) is 28.9. The zero-order valence-electron chi connectivity index (χ0n) is 26.1. The molecule has 4 aromatic rings. The van der Waals surface area contributed by atoms with Crippen LogP contribution in [-0.2, 0) is 4.74 Å². The molecule has 1 saturated carbocycles. The number of hydrogen-bond acceptors (Lipinski definition) is 9. The summed E-state index contributed by atoms with van der Waals surface area (Å²) in [6, 6.07) is 8.38. The van der Waals surface area contributed by atoms with E-state index in [0.717, 1.165) is 45.3 Å². The van der Waals surface area contributed by atoms with E-state index in [0.29, 0.717) is 70.7 Å². The maximum Gasteiger partial charge on any atom is 0.318 e. The summed E-state index contributed by atoms with van der Waals surface area (Å²) in [5.41, 5.74) is 1.20. The molecule has 11 heteroatoms. The summed E-state index contributed by atoms with van der Waals surface area (Å²) in [5, 5.41) is 15.9. The van der Waals surface area contributed by atoms with E-state index in [1.807, 2.05) is 6.07 Å². The molecule has 2 aromatic heterocycles. The monoisotopic (exact) mass is 624 g/mol. The Labute approximate surface area is 266 Å². The standard InChI is InChI=1S/C35H37FN6O4/c1-4-25-27(36)8-5-20-11-24(43)12-26(30(20)25)29-13-28-31(33(44)42(29)23-16-45-17-23)32(41-14-21-6-7-22(15-41)37-21)39-34(38-28)46-19-35(9-10-35)18-40(2)3/h1,5,8,11-13,21-23,37,43H,6-7,9-10,14-19H2,2-3H3. The third kappa shape index (κ3) is 4.96. The Kier molecular flexibility index (Phi) is 6.94. The molecule has 46 heavy (non-hydrogen) atoms. The Hall–Kier alpha value is -4.24. The fourth-order valence-electron chi connectivity index (χ4n) is 7.57. The van der Waals surface area contributed by atoms with E-state index >= 15 is 4.39 Å². The lowest BCUT2D eigenvalue weighted by Crippen LogP contribution is -2.51. The number of piperazine rings is 1. The highest BCUT2D eigenvalue weighted by Gasteiger charge is 2.44. The number of pyridine rings is 1. The molecule has 8 rings (SSSR count). The third-order valence-corrected chi connectivity index (χ3v) is 9.95. The van der Waals surface area contributed by atoms with Crippen molar-refractivity contribution < 1.29 is 19.0 Å². The van der Waals surface area contributed by atoms with Gasteiger partial charge in [-0.1, -0.05) is 12.0 Å². The number of rotatable bonds is 8. The van der Waals surface area contributed by atoms with Crippen LogP contribution in [0, 0.1) is 23.6 Å². The highest BCUT2D eigenvalue weighted by atomic mass is 19.1. The van der Waals surface area contributed by atoms with E-state index in [1.165, 1.54) is 12.1 Å². The van der Waals surface area contributed by atoms with Crippen LogP contribution in [0.2, 0.25) is 0 Å². The molecule has 2 N–H and O–H groups in total. The van der Waals surface area contributed by atoms with Crippen molar-refractivity contribution in [1.29, 1.82) is 0 Å². The van der Waals surface area contributed by atoms with Crippen molar-refractivity contribution in [3.8, 4) is 35.4 Å². The van der Waals surface area contributed by atoms with E-state index in [1.54, 1.807) is 16.7 Å². The van der Waals surface area contributed by atoms with Crippen LogP contribution in [0.25, 0.3) is 32.9 Å². The van der Waals surface area contributed by atoms with E-state index in [4.69, 9.17) is 25.9 Å². The highest BCUT2D eigenvalue weighted by Crippen LogP contribution is 2.46. The van der Waals surface area contributed by atoms with Gasteiger partial charge in [-0.2, -0.15) is 9.97 Å². The summed E-state index contributed by atoms with van der Waals surface area (Å²) >= 11 is 0. The zero-order valence-corrected chi connectivity index (χ0v) is 26.1. The minimum Gasteiger partial charge on any atom is -0.508 e. The number of ether oxygens (including phenoxy) is 2. The fraction of sp³-hybridized carbons (Fsp3) is 0.457. The van der Waals surface area contributed by atoms with Crippen LogP contribution in [0.5, 0.6) is 11.8 Å². The summed E-state index contributed by atoms with van der Waals surface area (Å²) < 4.78 is 28.7. The number of halogens is 1. The molecule has 4 fully saturated rings. The number of benzene rings is 2. The van der Waals surface area contributed by atoms with Crippen molar-refractivity contribution >= 4 is 27.5 Å². The smallest absolute Gasteiger partial charge is 0.318 e. The van der Waals surface area contributed by atoms with Gasteiger partial charge < -0.3 is 29.7 Å². The van der Waals surface area contributed by atoms with E-state index in [-0.39, 0.29) is 34.3 Å². The number of phenols is 1. The zero-order chi connectivity index (χ0) is 31.7. The predicted molar refractivity (Wildman–Crippen MR) is 174 cm³/mol. The molecule has 238 valence electrons. The lowest BCUT2D eigenvalue weighted by molar-refractivity contribution is -0.0238. The van der Waals surface area contributed by atoms with E-state index in [2.05, 4.69) is 35.1 Å². The van der Waals surface area contributed by atoms with E-state index in [9.17, 15) is 9.90 Å². The first-order valence-corrected chi connectivity index (χ1v) is 16.0. The SMILES string of the molecule is C#Cc1c(F)ccc2cc(O)cc(-c3cc4nc(OCC5(CN(C)C)CC5)nc(N5CC6CCC(C5)N6)c4c(=O)n3C3COC3)c12. The van der Waals surface area contributed by atoms with Gasteiger partial charge >= 0.3 is 6.01 Å². The Morgan fingerprint density at radius 2 is 1.91 bits per heavy atom. The molecule has 2 atom stereocenters. The molecule has 5 heterocycles. The van der Waals surface area contributed by atoms with Crippen molar-refractivity contribution in [3.05, 3.63) is 52.1 Å². The first-order valence-electron chi connectivity index (χ1n) is 16.0. The topological polar surface area (TPSA) is 105 Å². The number of nitrogens with one attached hydrogen (secondary N) is 1. The van der Waals surface area contributed by atoms with Crippen molar-refractivity contribution in [1.82, 2.24) is 24.8 Å². The molecule has 4 aliphatic rings. The summed E-state index contributed by atoms with van der Waals surface area (Å²) in [7, 11) is 4.12. The van der Waals surface area contributed by atoms with Gasteiger partial charge in [0.05, 0.1) is 42.6 Å². The average molecular weight is 625 g/mol. The molecule has 3 saturated heterocycles. The molecule has 0 radical (unpaired) electrons. The quantitative estimate of drug-likeness (QED) is 0.284. The first-order chi connectivity index (χ1) is 22.2. The number of anilines is 1. The molecular formula is C35H37FN6O4. The largest absolute Gasteiger partial charge is 0.508 e. The van der Waals surface area contributed by atoms with Gasteiger partial charge in [-0.05, 0) is 69.4 Å². The van der Waals surface area contributed by atoms with Gasteiger partial charge in [0.1, 0.15) is 22.8 Å². The van der Waals surface area contributed by atoms with E-state index < -0.39 is 5.82 Å². The fourth-order valence-corrected chi connectivity index (χ4v) is 7.57. The van der Waals surface area contributed by atoms with Crippen molar-refractivity contribution in [2.45, 2.75) is 43.8 Å². The first kappa shape index (κ1) is 29.2. The molecule has 2 aromatic carbocycles. The van der Waals surface area contributed by atoms with Crippen LogP contribution in [0.3, 0.4) is 0 Å². The normalized spacial score (nSPS) is 21.9. The number of aromatic nitrogens is 3. The van der Waals surface area contributed by atoms with Gasteiger partial charge in [-0.25, -0.2) is 4.39 Å². The Morgan fingerprint density at radius 1 is 1.15 bits per heavy atom. The van der Waals surface area contributed by atoms with Crippen LogP contribution in [0.4, 0.5) is 10.2 Å². The van der Waals surface area contributed by atoms with Crippen LogP contribution in [0.15, 0.2) is 35.1 Å². The Morgan fingerprint density at radius 3 is 2.57 bits per heavy atom. The minimum atomic E-state index is -0.552. The summed E-state index contributed by atoms with van der Waals surface area (Å²) in [6.45, 7) is 3.52. The van der Waals surface area contributed by atoms with Gasteiger partial charge in [0, 0.05) is 48.1 Å². The number of aromatic hydroxyl groups is 1. The minimum absolute atomic E-state index is 0.0275. The Balaban J connectivity index is 1.36. The maximum absolute atomic E-state index is 15.1. The van der Waals surface area contributed by atoms with Gasteiger partial charge in [0.15, 0.2) is 0 Å². The van der Waals surface area contributed by atoms with Crippen LogP contribution < -0.4 is 20.5 Å². The van der Waals surface area contributed by atoms with Crippen LogP contribution in [0.1, 0.15) is 37.3 Å². The van der Waals surface area contributed by atoms with Crippen molar-refractivity contribution in [2.24, 2.45) is 5.41 Å². The van der Waals surface area contributed by atoms with Crippen molar-refractivity contribution in [2.75, 3.05) is 58.5 Å². The molecule has 2 bridgehead atoms. The second-order valence-corrected chi connectivity index (χ2v) is 13.7. The van der Waals surface area contributed by atoms with Crippen LogP contribution >= 0.6 is 0 Å². The molecule has 1 aliphatic carbocycles. The van der Waals surface area contributed by atoms with Crippen molar-refractivity contribution in [3.63, 3.8) is 0 Å². The lowest BCUT2D eigenvalue weighted by Gasteiger charge is -2.35. The number of nitrogens with zero attached hydrogens (tertiary/aromatic N) is 5.